The summed E-state index contributed by atoms with van der Waals surface area (Å²) in [4.78, 5) is 32.0. The van der Waals surface area contributed by atoms with Crippen molar-refractivity contribution in [1.29, 1.82) is 0 Å². The molecule has 8 heteroatoms. The van der Waals surface area contributed by atoms with Crippen molar-refractivity contribution in [2.75, 3.05) is 18.4 Å². The van der Waals surface area contributed by atoms with E-state index in [2.05, 4.69) is 15.4 Å². The maximum Gasteiger partial charge on any atom is 0.254 e. The summed E-state index contributed by atoms with van der Waals surface area (Å²) >= 11 is 0. The van der Waals surface area contributed by atoms with Crippen LogP contribution in [0.4, 0.5) is 5.69 Å². The molecule has 1 saturated heterocycles. The van der Waals surface area contributed by atoms with E-state index in [4.69, 9.17) is 0 Å². The zero-order chi connectivity index (χ0) is 21.3. The number of likely N-dealkylation sites (tertiary alicyclic amines) is 1. The van der Waals surface area contributed by atoms with Gasteiger partial charge in [0.25, 0.3) is 5.91 Å². The summed E-state index contributed by atoms with van der Waals surface area (Å²) in [6.45, 7) is 5.43. The lowest BCUT2D eigenvalue weighted by atomic mass is 10.1. The molecule has 1 aliphatic heterocycles. The van der Waals surface area contributed by atoms with Crippen LogP contribution >= 0.6 is 0 Å². The molecule has 1 atom stereocenters. The van der Waals surface area contributed by atoms with Gasteiger partial charge in [0.05, 0.1) is 23.5 Å². The molecule has 0 aliphatic carbocycles. The lowest BCUT2D eigenvalue weighted by Crippen LogP contribution is -2.32. The van der Waals surface area contributed by atoms with E-state index in [1.807, 2.05) is 55.9 Å². The highest BCUT2D eigenvalue weighted by molar-refractivity contribution is 5.98. The molecule has 1 fully saturated rings. The summed E-state index contributed by atoms with van der Waals surface area (Å²) in [6.07, 6.45) is 5.97. The number of rotatable bonds is 5. The van der Waals surface area contributed by atoms with Crippen molar-refractivity contribution in [3.63, 3.8) is 0 Å². The first-order valence-electron chi connectivity index (χ1n) is 10.1. The molecule has 8 nitrogen and oxygen atoms in total. The topological polar surface area (TPSA) is 85.1 Å². The average Bonchev–Trinajstić information content (AvgIpc) is 3.46. The monoisotopic (exact) mass is 406 g/mol. The van der Waals surface area contributed by atoms with Gasteiger partial charge in [-0.15, -0.1) is 0 Å². The minimum Gasteiger partial charge on any atom is -0.338 e. The molecular formula is C22H26N6O2. The van der Waals surface area contributed by atoms with Crippen LogP contribution in [0.5, 0.6) is 0 Å². The number of imidazole rings is 1. The van der Waals surface area contributed by atoms with Gasteiger partial charge < -0.3 is 14.8 Å². The number of aromatic nitrogens is 4. The van der Waals surface area contributed by atoms with E-state index in [1.165, 1.54) is 0 Å². The van der Waals surface area contributed by atoms with Gasteiger partial charge in [-0.25, -0.2) is 4.98 Å². The molecule has 2 aromatic heterocycles. The zero-order valence-electron chi connectivity index (χ0n) is 17.5. The van der Waals surface area contributed by atoms with Crippen LogP contribution in [0.1, 0.15) is 33.9 Å². The number of hydrogen-bond donors (Lipinski definition) is 1. The first kappa shape index (κ1) is 19.9. The molecule has 1 aromatic carbocycles. The number of amides is 2. The molecule has 0 bridgehead atoms. The first-order chi connectivity index (χ1) is 14.4. The van der Waals surface area contributed by atoms with Crippen LogP contribution in [0.25, 0.3) is 0 Å². The number of nitrogens with one attached hydrogen (secondary N) is 1. The number of carbonyl (C=O) groups excluding carboxylic acids is 2. The minimum atomic E-state index is -0.225. The highest BCUT2D eigenvalue weighted by atomic mass is 16.2. The van der Waals surface area contributed by atoms with E-state index in [0.29, 0.717) is 37.3 Å². The summed E-state index contributed by atoms with van der Waals surface area (Å²) in [5.41, 5.74) is 3.24. The largest absolute Gasteiger partial charge is 0.338 e. The van der Waals surface area contributed by atoms with Crippen LogP contribution in [0.3, 0.4) is 0 Å². The van der Waals surface area contributed by atoms with Gasteiger partial charge in [-0.05, 0) is 31.9 Å². The quantitative estimate of drug-likeness (QED) is 0.705. The average molecular weight is 406 g/mol. The number of nitrogens with zero attached hydrogens (tertiary/aromatic N) is 5. The standard InChI is InChI=1S/C22H26N6O2/c1-15-20(12-24-26(15)3)25-21(29)18-8-10-28(14-18)22(30)19-7-5-4-6-17(19)13-27-11-9-23-16(27)2/h4-7,9,11-12,18H,8,10,13-14H2,1-3H3,(H,25,29). The van der Waals surface area contributed by atoms with Crippen LogP contribution in [-0.4, -0.2) is 49.1 Å². The molecule has 0 radical (unpaired) electrons. The van der Waals surface area contributed by atoms with Crippen molar-refractivity contribution in [2.45, 2.75) is 26.8 Å². The van der Waals surface area contributed by atoms with Gasteiger partial charge >= 0.3 is 0 Å². The van der Waals surface area contributed by atoms with Crippen molar-refractivity contribution >= 4 is 17.5 Å². The Morgan fingerprint density at radius 3 is 2.73 bits per heavy atom. The molecule has 3 aromatic rings. The van der Waals surface area contributed by atoms with Gasteiger partial charge in [-0.1, -0.05) is 18.2 Å². The van der Waals surface area contributed by atoms with Crippen LogP contribution in [0, 0.1) is 19.8 Å². The van der Waals surface area contributed by atoms with Crippen LogP contribution in [0.15, 0.2) is 42.9 Å². The molecule has 3 heterocycles. The zero-order valence-corrected chi connectivity index (χ0v) is 17.5. The third-order valence-corrected chi connectivity index (χ3v) is 5.85. The lowest BCUT2D eigenvalue weighted by molar-refractivity contribution is -0.119. The fourth-order valence-corrected chi connectivity index (χ4v) is 3.81. The molecule has 1 unspecified atom stereocenters. The number of aryl methyl sites for hydroxylation is 2. The lowest BCUT2D eigenvalue weighted by Gasteiger charge is -2.19. The van der Waals surface area contributed by atoms with Crippen LogP contribution in [-0.2, 0) is 18.4 Å². The Labute approximate surface area is 175 Å². The van der Waals surface area contributed by atoms with Gasteiger partial charge in [-0.2, -0.15) is 5.10 Å². The second kappa shape index (κ2) is 8.14. The summed E-state index contributed by atoms with van der Waals surface area (Å²) in [5, 5.41) is 7.11. The summed E-state index contributed by atoms with van der Waals surface area (Å²) in [6, 6.07) is 7.65. The summed E-state index contributed by atoms with van der Waals surface area (Å²) in [5.74, 6) is 0.581. The van der Waals surface area contributed by atoms with E-state index in [9.17, 15) is 9.59 Å². The molecule has 30 heavy (non-hydrogen) atoms. The Bertz CT molecular complexity index is 1080. The van der Waals surface area contributed by atoms with Crippen molar-refractivity contribution < 1.29 is 9.59 Å². The second-order valence-electron chi connectivity index (χ2n) is 7.75. The summed E-state index contributed by atoms with van der Waals surface area (Å²) in [7, 11) is 1.84. The maximum atomic E-state index is 13.2. The van der Waals surface area contributed by atoms with Gasteiger partial charge in [0.2, 0.25) is 5.91 Å². The molecule has 156 valence electrons. The van der Waals surface area contributed by atoms with Crippen molar-refractivity contribution in [3.8, 4) is 0 Å². The van der Waals surface area contributed by atoms with Gasteiger partial charge in [0.15, 0.2) is 0 Å². The fourth-order valence-electron chi connectivity index (χ4n) is 3.81. The number of carbonyl (C=O) groups is 2. The maximum absolute atomic E-state index is 13.2. The van der Waals surface area contributed by atoms with E-state index in [1.54, 1.807) is 22.0 Å². The smallest absolute Gasteiger partial charge is 0.254 e. The van der Waals surface area contributed by atoms with Gasteiger partial charge in [0.1, 0.15) is 5.82 Å². The van der Waals surface area contributed by atoms with E-state index < -0.39 is 0 Å². The highest BCUT2D eigenvalue weighted by Gasteiger charge is 2.32. The predicted molar refractivity (Wildman–Crippen MR) is 113 cm³/mol. The van der Waals surface area contributed by atoms with E-state index in [0.717, 1.165) is 17.1 Å². The van der Waals surface area contributed by atoms with Gasteiger partial charge in [0, 0.05) is 44.6 Å². The van der Waals surface area contributed by atoms with Crippen LogP contribution in [0.2, 0.25) is 0 Å². The highest BCUT2D eigenvalue weighted by Crippen LogP contribution is 2.23. The Morgan fingerprint density at radius 2 is 2.03 bits per heavy atom. The first-order valence-corrected chi connectivity index (χ1v) is 10.1. The minimum absolute atomic E-state index is 0.0313. The van der Waals surface area contributed by atoms with Crippen LogP contribution < -0.4 is 5.32 Å². The Hall–Kier alpha value is -3.42. The normalized spacial score (nSPS) is 16.1. The van der Waals surface area contributed by atoms with Crippen molar-refractivity contribution in [2.24, 2.45) is 13.0 Å². The Balaban J connectivity index is 1.44. The molecule has 2 amide bonds. The molecule has 0 spiro atoms. The second-order valence-corrected chi connectivity index (χ2v) is 7.75. The third kappa shape index (κ3) is 3.85. The number of benzene rings is 1. The van der Waals surface area contributed by atoms with Crippen molar-refractivity contribution in [3.05, 3.63) is 65.5 Å². The molecular weight excluding hydrogens is 380 g/mol. The number of anilines is 1. The molecule has 0 saturated carbocycles. The van der Waals surface area contributed by atoms with E-state index >= 15 is 0 Å². The predicted octanol–water partition coefficient (Wildman–Crippen LogP) is 2.38. The third-order valence-electron chi connectivity index (χ3n) is 5.85. The fraction of sp³-hybridized carbons (Fsp3) is 0.364. The summed E-state index contributed by atoms with van der Waals surface area (Å²) < 4.78 is 3.74. The molecule has 4 rings (SSSR count). The van der Waals surface area contributed by atoms with E-state index in [-0.39, 0.29) is 17.7 Å². The molecule has 1 N–H and O–H groups in total. The Morgan fingerprint density at radius 1 is 1.23 bits per heavy atom. The Kier molecular flexibility index (Phi) is 5.39. The van der Waals surface area contributed by atoms with Crippen molar-refractivity contribution in [1.82, 2.24) is 24.2 Å². The van der Waals surface area contributed by atoms with Gasteiger partial charge in [-0.3, -0.25) is 14.3 Å². The SMILES string of the molecule is Cc1nccn1Cc1ccccc1C(=O)N1CCC(C(=O)Nc2cnn(C)c2C)C1. The molecule has 1 aliphatic rings. The number of hydrogen-bond acceptors (Lipinski definition) is 4.